The van der Waals surface area contributed by atoms with Crippen LogP contribution in [0, 0.1) is 0 Å². The van der Waals surface area contributed by atoms with Gasteiger partial charge in [0.25, 0.3) is 5.91 Å². The lowest BCUT2D eigenvalue weighted by Crippen LogP contribution is -2.32. The van der Waals surface area contributed by atoms with Gasteiger partial charge in [0.15, 0.2) is 0 Å². The summed E-state index contributed by atoms with van der Waals surface area (Å²) in [5, 5.41) is 11.7. The second-order valence-corrected chi connectivity index (χ2v) is 5.31. The fourth-order valence-corrected chi connectivity index (χ4v) is 2.55. The van der Waals surface area contributed by atoms with Crippen LogP contribution in [0.4, 0.5) is 5.69 Å². The maximum absolute atomic E-state index is 12.2. The van der Waals surface area contributed by atoms with Gasteiger partial charge in [0.2, 0.25) is 0 Å². The van der Waals surface area contributed by atoms with E-state index in [2.05, 4.69) is 5.32 Å². The Hall–Kier alpha value is -1.88. The average molecular weight is 291 g/mol. The number of rotatable bonds is 6. The van der Waals surface area contributed by atoms with E-state index in [1.54, 1.807) is 12.1 Å². The quantitative estimate of drug-likeness (QED) is 0.844. The minimum atomic E-state index is -1.01. The summed E-state index contributed by atoms with van der Waals surface area (Å²) in [7, 11) is 0. The Morgan fingerprint density at radius 3 is 2.71 bits per heavy atom. The standard InChI is InChI=1S/C16H21NO4/c1-2-14(21-13-8-3-4-9-13)15(18)17-12-7-5-6-11(10-12)16(19)20/h5-7,10,13-14H,2-4,8-9H2,1H3,(H,17,18)(H,19,20). The third kappa shape index (κ3) is 4.29. The first-order valence-corrected chi connectivity index (χ1v) is 7.40. The largest absolute Gasteiger partial charge is 0.478 e. The van der Waals surface area contributed by atoms with E-state index in [9.17, 15) is 9.59 Å². The molecule has 21 heavy (non-hydrogen) atoms. The molecular weight excluding hydrogens is 270 g/mol. The maximum atomic E-state index is 12.2. The summed E-state index contributed by atoms with van der Waals surface area (Å²) in [6.07, 6.45) is 4.62. The number of amides is 1. The molecule has 0 heterocycles. The summed E-state index contributed by atoms with van der Waals surface area (Å²) >= 11 is 0. The fourth-order valence-electron chi connectivity index (χ4n) is 2.55. The molecular formula is C16H21NO4. The summed E-state index contributed by atoms with van der Waals surface area (Å²) in [5.41, 5.74) is 0.630. The molecule has 1 saturated carbocycles. The Morgan fingerprint density at radius 1 is 1.38 bits per heavy atom. The molecule has 2 N–H and O–H groups in total. The molecule has 1 aromatic carbocycles. The zero-order valence-electron chi connectivity index (χ0n) is 12.2. The minimum absolute atomic E-state index is 0.151. The number of hydrogen-bond acceptors (Lipinski definition) is 3. The number of anilines is 1. The van der Waals surface area contributed by atoms with Crippen LogP contribution in [-0.2, 0) is 9.53 Å². The molecule has 0 saturated heterocycles. The lowest BCUT2D eigenvalue weighted by atomic mass is 10.2. The summed E-state index contributed by atoms with van der Waals surface area (Å²) in [6, 6.07) is 6.22. The van der Waals surface area contributed by atoms with Crippen molar-refractivity contribution in [3.05, 3.63) is 29.8 Å². The highest BCUT2D eigenvalue weighted by molar-refractivity contribution is 5.96. The van der Waals surface area contributed by atoms with Gasteiger partial charge in [0.1, 0.15) is 6.10 Å². The van der Waals surface area contributed by atoms with Crippen molar-refractivity contribution in [1.82, 2.24) is 0 Å². The molecule has 1 aliphatic rings. The Bertz CT molecular complexity index is 509. The average Bonchev–Trinajstić information content (AvgIpc) is 2.97. The van der Waals surface area contributed by atoms with E-state index < -0.39 is 12.1 Å². The third-order valence-corrected chi connectivity index (χ3v) is 3.70. The number of nitrogens with one attached hydrogen (secondary N) is 1. The number of aromatic carboxylic acids is 1. The van der Waals surface area contributed by atoms with Crippen molar-refractivity contribution in [3.8, 4) is 0 Å². The predicted molar refractivity (Wildman–Crippen MR) is 79.5 cm³/mol. The fraction of sp³-hybridized carbons (Fsp3) is 0.500. The molecule has 1 aliphatic carbocycles. The summed E-state index contributed by atoms with van der Waals surface area (Å²) in [4.78, 5) is 23.2. The molecule has 0 bridgehead atoms. The molecule has 1 aromatic rings. The molecule has 114 valence electrons. The van der Waals surface area contributed by atoms with Crippen LogP contribution >= 0.6 is 0 Å². The second kappa shape index (κ2) is 7.22. The first kappa shape index (κ1) is 15.5. The number of carboxylic acid groups (broad SMARTS) is 1. The number of carbonyl (C=O) groups excluding carboxylic acids is 1. The van der Waals surface area contributed by atoms with Gasteiger partial charge in [0, 0.05) is 5.69 Å². The molecule has 1 amide bonds. The van der Waals surface area contributed by atoms with Crippen LogP contribution in [0.25, 0.3) is 0 Å². The lowest BCUT2D eigenvalue weighted by Gasteiger charge is -2.20. The molecule has 1 unspecified atom stereocenters. The number of benzene rings is 1. The van der Waals surface area contributed by atoms with Crippen LogP contribution in [0.15, 0.2) is 24.3 Å². The van der Waals surface area contributed by atoms with E-state index in [4.69, 9.17) is 9.84 Å². The van der Waals surface area contributed by atoms with Crippen LogP contribution in [0.2, 0.25) is 0 Å². The van der Waals surface area contributed by atoms with Crippen molar-refractivity contribution in [1.29, 1.82) is 0 Å². The van der Waals surface area contributed by atoms with Gasteiger partial charge < -0.3 is 15.2 Å². The molecule has 0 aliphatic heterocycles. The molecule has 0 radical (unpaired) electrons. The third-order valence-electron chi connectivity index (χ3n) is 3.70. The van der Waals surface area contributed by atoms with Crippen LogP contribution in [0.1, 0.15) is 49.4 Å². The van der Waals surface area contributed by atoms with E-state index in [1.807, 2.05) is 6.92 Å². The van der Waals surface area contributed by atoms with Gasteiger partial charge in [-0.2, -0.15) is 0 Å². The molecule has 1 fully saturated rings. The molecule has 5 nitrogen and oxygen atoms in total. The summed E-state index contributed by atoms with van der Waals surface area (Å²) in [6.45, 7) is 1.91. The minimum Gasteiger partial charge on any atom is -0.478 e. The predicted octanol–water partition coefficient (Wildman–Crippen LogP) is 3.06. The first-order chi connectivity index (χ1) is 10.1. The zero-order chi connectivity index (χ0) is 15.2. The van der Waals surface area contributed by atoms with E-state index in [0.29, 0.717) is 12.1 Å². The SMILES string of the molecule is CCC(OC1CCCC1)C(=O)Nc1cccc(C(=O)O)c1. The number of hydrogen-bond donors (Lipinski definition) is 2. The highest BCUT2D eigenvalue weighted by Crippen LogP contribution is 2.23. The normalized spacial score (nSPS) is 16.6. The number of carbonyl (C=O) groups is 2. The van der Waals surface area contributed by atoms with E-state index in [-0.39, 0.29) is 17.6 Å². The first-order valence-electron chi connectivity index (χ1n) is 7.40. The Morgan fingerprint density at radius 2 is 2.10 bits per heavy atom. The van der Waals surface area contributed by atoms with Crippen molar-refractivity contribution < 1.29 is 19.4 Å². The van der Waals surface area contributed by atoms with Gasteiger partial charge in [-0.15, -0.1) is 0 Å². The van der Waals surface area contributed by atoms with Crippen molar-refractivity contribution in [2.24, 2.45) is 0 Å². The van der Waals surface area contributed by atoms with E-state index in [0.717, 1.165) is 25.7 Å². The van der Waals surface area contributed by atoms with Gasteiger partial charge in [0.05, 0.1) is 11.7 Å². The van der Waals surface area contributed by atoms with Crippen LogP contribution in [0.5, 0.6) is 0 Å². The second-order valence-electron chi connectivity index (χ2n) is 5.31. The number of carboxylic acids is 1. The molecule has 0 spiro atoms. The Kier molecular flexibility index (Phi) is 5.33. The van der Waals surface area contributed by atoms with E-state index >= 15 is 0 Å². The van der Waals surface area contributed by atoms with Gasteiger partial charge in [-0.3, -0.25) is 4.79 Å². The maximum Gasteiger partial charge on any atom is 0.335 e. The highest BCUT2D eigenvalue weighted by Gasteiger charge is 2.24. The van der Waals surface area contributed by atoms with Crippen molar-refractivity contribution in [2.45, 2.75) is 51.2 Å². The van der Waals surface area contributed by atoms with Crippen LogP contribution < -0.4 is 5.32 Å². The molecule has 5 heteroatoms. The zero-order valence-corrected chi connectivity index (χ0v) is 12.2. The van der Waals surface area contributed by atoms with Gasteiger partial charge in [-0.1, -0.05) is 25.8 Å². The summed E-state index contributed by atoms with van der Waals surface area (Å²) < 4.78 is 5.84. The van der Waals surface area contributed by atoms with E-state index in [1.165, 1.54) is 12.1 Å². The molecule has 2 rings (SSSR count). The van der Waals surface area contributed by atoms with Gasteiger partial charge in [-0.05, 0) is 37.5 Å². The van der Waals surface area contributed by atoms with Gasteiger partial charge in [-0.25, -0.2) is 4.79 Å². The smallest absolute Gasteiger partial charge is 0.335 e. The lowest BCUT2D eigenvalue weighted by molar-refractivity contribution is -0.131. The Labute approximate surface area is 124 Å². The van der Waals surface area contributed by atoms with Crippen molar-refractivity contribution in [3.63, 3.8) is 0 Å². The number of ether oxygens (including phenoxy) is 1. The highest BCUT2D eigenvalue weighted by atomic mass is 16.5. The van der Waals surface area contributed by atoms with Crippen LogP contribution in [0.3, 0.4) is 0 Å². The molecule has 1 atom stereocenters. The molecule has 0 aromatic heterocycles. The topological polar surface area (TPSA) is 75.6 Å². The van der Waals surface area contributed by atoms with Crippen molar-refractivity contribution in [2.75, 3.05) is 5.32 Å². The Balaban J connectivity index is 1.98. The van der Waals surface area contributed by atoms with Crippen molar-refractivity contribution >= 4 is 17.6 Å². The van der Waals surface area contributed by atoms with Crippen LogP contribution in [-0.4, -0.2) is 29.2 Å². The monoisotopic (exact) mass is 291 g/mol. The summed E-state index contributed by atoms with van der Waals surface area (Å²) in [5.74, 6) is -1.23. The van der Waals surface area contributed by atoms with Gasteiger partial charge >= 0.3 is 5.97 Å².